The zero-order chi connectivity index (χ0) is 24.6. The molecule has 0 spiro atoms. The van der Waals surface area contributed by atoms with Crippen LogP contribution in [0.5, 0.6) is 17.2 Å². The molecule has 2 N–H and O–H groups in total. The quantitative estimate of drug-likeness (QED) is 0.426. The van der Waals surface area contributed by atoms with Crippen LogP contribution >= 0.6 is 11.6 Å². The number of ether oxygens (including phenoxy) is 3. The van der Waals surface area contributed by atoms with Gasteiger partial charge in [-0.05, 0) is 29.3 Å². The first-order valence-corrected chi connectivity index (χ1v) is 11.7. The maximum Gasteiger partial charge on any atom is 0.216 e. The van der Waals surface area contributed by atoms with Crippen LogP contribution in [-0.4, -0.2) is 38.8 Å². The normalized spacial score (nSPS) is 12.0. The molecule has 1 aliphatic heterocycles. The second-order valence-electron chi connectivity index (χ2n) is 7.95. The molecule has 35 heavy (non-hydrogen) atoms. The van der Waals surface area contributed by atoms with E-state index in [0.717, 1.165) is 33.6 Å². The fraction of sp³-hybridized carbons (Fsp3) is 0.259. The van der Waals surface area contributed by atoms with Gasteiger partial charge in [0, 0.05) is 43.2 Å². The van der Waals surface area contributed by atoms with Crippen LogP contribution in [-0.2, 0) is 11.3 Å². The lowest BCUT2D eigenvalue weighted by atomic mass is 9.97. The van der Waals surface area contributed by atoms with Crippen LogP contribution in [0.15, 0.2) is 54.6 Å². The van der Waals surface area contributed by atoms with E-state index in [1.807, 2.05) is 60.7 Å². The molecule has 0 saturated heterocycles. The molecule has 180 valence electrons. The van der Waals surface area contributed by atoms with Gasteiger partial charge in [0.15, 0.2) is 18.1 Å². The SMILES string of the molecule is CC(=O)NCCNCc1ccc(-c2cccc(-c3ccc4c(c3)OCCO4)c2Cl)cc1OCC#N. The average molecular weight is 492 g/mol. The van der Waals surface area contributed by atoms with E-state index in [-0.39, 0.29) is 12.5 Å². The van der Waals surface area contributed by atoms with E-state index in [1.54, 1.807) is 0 Å². The molecule has 3 aromatic carbocycles. The Labute approximate surface area is 209 Å². The van der Waals surface area contributed by atoms with E-state index in [1.165, 1.54) is 6.92 Å². The number of halogens is 1. The van der Waals surface area contributed by atoms with Crippen LogP contribution in [0.2, 0.25) is 5.02 Å². The van der Waals surface area contributed by atoms with Crippen LogP contribution in [0.3, 0.4) is 0 Å². The summed E-state index contributed by atoms with van der Waals surface area (Å²) in [7, 11) is 0. The Morgan fingerprint density at radius 3 is 2.49 bits per heavy atom. The predicted molar refractivity (Wildman–Crippen MR) is 135 cm³/mol. The van der Waals surface area contributed by atoms with Gasteiger partial charge < -0.3 is 24.8 Å². The van der Waals surface area contributed by atoms with Crippen molar-refractivity contribution in [2.24, 2.45) is 0 Å². The molecule has 4 rings (SSSR count). The number of hydrogen-bond donors (Lipinski definition) is 2. The molecule has 0 atom stereocenters. The molecule has 7 nitrogen and oxygen atoms in total. The number of nitriles is 1. The molecular weight excluding hydrogens is 466 g/mol. The third kappa shape index (κ3) is 6.04. The summed E-state index contributed by atoms with van der Waals surface area (Å²) in [6.45, 7) is 4.16. The summed E-state index contributed by atoms with van der Waals surface area (Å²) in [6, 6.07) is 19.6. The summed E-state index contributed by atoms with van der Waals surface area (Å²) in [6.07, 6.45) is 0. The summed E-state index contributed by atoms with van der Waals surface area (Å²) in [5.41, 5.74) is 4.45. The van der Waals surface area contributed by atoms with Crippen molar-refractivity contribution < 1.29 is 19.0 Å². The summed E-state index contributed by atoms with van der Waals surface area (Å²) in [4.78, 5) is 11.0. The number of nitrogens with zero attached hydrogens (tertiary/aromatic N) is 1. The maximum absolute atomic E-state index is 11.0. The molecule has 0 saturated carbocycles. The first-order valence-electron chi connectivity index (χ1n) is 11.3. The maximum atomic E-state index is 11.0. The second kappa shape index (κ2) is 11.6. The number of nitrogens with one attached hydrogen (secondary N) is 2. The van der Waals surface area contributed by atoms with Gasteiger partial charge in [0.1, 0.15) is 25.0 Å². The number of benzene rings is 3. The number of rotatable bonds is 9. The van der Waals surface area contributed by atoms with Gasteiger partial charge in [-0.2, -0.15) is 5.26 Å². The Hall–Kier alpha value is -3.73. The molecule has 1 amide bonds. The Morgan fingerprint density at radius 1 is 1.03 bits per heavy atom. The first kappa shape index (κ1) is 24.4. The van der Waals surface area contributed by atoms with Gasteiger partial charge in [0.05, 0.1) is 5.02 Å². The smallest absolute Gasteiger partial charge is 0.216 e. The van der Waals surface area contributed by atoms with Crippen molar-refractivity contribution in [2.75, 3.05) is 32.9 Å². The zero-order valence-corrected chi connectivity index (χ0v) is 20.2. The van der Waals surface area contributed by atoms with E-state index in [4.69, 9.17) is 31.1 Å². The highest BCUT2D eigenvalue weighted by atomic mass is 35.5. The molecule has 1 heterocycles. The Balaban J connectivity index is 1.59. The average Bonchev–Trinajstić information content (AvgIpc) is 2.87. The number of hydrogen-bond acceptors (Lipinski definition) is 6. The number of carbonyl (C=O) groups is 1. The van der Waals surface area contributed by atoms with Crippen molar-refractivity contribution in [3.63, 3.8) is 0 Å². The van der Waals surface area contributed by atoms with Crippen molar-refractivity contribution in [1.82, 2.24) is 10.6 Å². The minimum atomic E-state index is -0.0652. The fourth-order valence-corrected chi connectivity index (χ4v) is 4.20. The molecule has 0 fully saturated rings. The molecular formula is C27H26ClN3O4. The van der Waals surface area contributed by atoms with E-state index in [0.29, 0.717) is 49.4 Å². The summed E-state index contributed by atoms with van der Waals surface area (Å²) < 4.78 is 17.1. The molecule has 0 unspecified atom stereocenters. The summed E-state index contributed by atoms with van der Waals surface area (Å²) in [5, 5.41) is 15.7. The van der Waals surface area contributed by atoms with Gasteiger partial charge in [-0.3, -0.25) is 4.79 Å². The molecule has 3 aromatic rings. The number of amides is 1. The van der Waals surface area contributed by atoms with Crippen molar-refractivity contribution in [2.45, 2.75) is 13.5 Å². The minimum absolute atomic E-state index is 0.0622. The highest BCUT2D eigenvalue weighted by molar-refractivity contribution is 6.36. The second-order valence-corrected chi connectivity index (χ2v) is 8.33. The molecule has 0 radical (unpaired) electrons. The third-order valence-corrected chi connectivity index (χ3v) is 5.92. The zero-order valence-electron chi connectivity index (χ0n) is 19.4. The van der Waals surface area contributed by atoms with Gasteiger partial charge in [0.25, 0.3) is 0 Å². The highest BCUT2D eigenvalue weighted by Crippen LogP contribution is 2.41. The summed E-state index contributed by atoms with van der Waals surface area (Å²) in [5.74, 6) is 1.98. The van der Waals surface area contributed by atoms with Gasteiger partial charge in [0.2, 0.25) is 5.91 Å². The third-order valence-electron chi connectivity index (χ3n) is 5.51. The van der Waals surface area contributed by atoms with E-state index < -0.39 is 0 Å². The Kier molecular flexibility index (Phi) is 8.09. The monoisotopic (exact) mass is 491 g/mol. The Morgan fingerprint density at radius 2 is 1.74 bits per heavy atom. The highest BCUT2D eigenvalue weighted by Gasteiger charge is 2.16. The lowest BCUT2D eigenvalue weighted by Crippen LogP contribution is -2.30. The topological polar surface area (TPSA) is 92.6 Å². The van der Waals surface area contributed by atoms with Crippen LogP contribution in [0.4, 0.5) is 0 Å². The van der Waals surface area contributed by atoms with Crippen molar-refractivity contribution >= 4 is 17.5 Å². The van der Waals surface area contributed by atoms with Crippen molar-refractivity contribution in [3.05, 3.63) is 65.2 Å². The van der Waals surface area contributed by atoms with Crippen LogP contribution in [0.1, 0.15) is 12.5 Å². The molecule has 0 aromatic heterocycles. The predicted octanol–water partition coefficient (Wildman–Crippen LogP) is 4.57. The van der Waals surface area contributed by atoms with Gasteiger partial charge in [-0.15, -0.1) is 0 Å². The van der Waals surface area contributed by atoms with E-state index in [2.05, 4.69) is 10.6 Å². The fourth-order valence-electron chi connectivity index (χ4n) is 3.85. The molecule has 0 aliphatic carbocycles. The summed E-state index contributed by atoms with van der Waals surface area (Å²) >= 11 is 6.89. The van der Waals surface area contributed by atoms with Gasteiger partial charge >= 0.3 is 0 Å². The van der Waals surface area contributed by atoms with Crippen molar-refractivity contribution in [1.29, 1.82) is 5.26 Å². The van der Waals surface area contributed by atoms with Crippen LogP contribution in [0, 0.1) is 11.3 Å². The molecule has 8 heteroatoms. The Bertz CT molecular complexity index is 1260. The number of carbonyl (C=O) groups excluding carboxylic acids is 1. The lowest BCUT2D eigenvalue weighted by molar-refractivity contribution is -0.118. The molecule has 0 bridgehead atoms. The van der Waals surface area contributed by atoms with Crippen LogP contribution < -0.4 is 24.8 Å². The van der Waals surface area contributed by atoms with E-state index in [9.17, 15) is 4.79 Å². The lowest BCUT2D eigenvalue weighted by Gasteiger charge is -2.19. The van der Waals surface area contributed by atoms with Gasteiger partial charge in [-0.1, -0.05) is 48.0 Å². The largest absolute Gasteiger partial charge is 0.486 e. The molecule has 1 aliphatic rings. The number of fused-ring (bicyclic) bond motifs is 1. The van der Waals surface area contributed by atoms with Crippen molar-refractivity contribution in [3.8, 4) is 45.6 Å². The van der Waals surface area contributed by atoms with Gasteiger partial charge in [-0.25, -0.2) is 0 Å². The van der Waals surface area contributed by atoms with E-state index >= 15 is 0 Å². The standard InChI is InChI=1S/C27H26ClN3O4/c1-18(32)31-11-10-30-17-21-6-5-19(15-25(21)33-12-9-29)22-3-2-4-23(27(22)28)20-7-8-24-26(16-20)35-14-13-34-24/h2-8,15-16,30H,10-14,17H2,1H3,(H,31,32). The minimum Gasteiger partial charge on any atom is -0.486 e. The first-order chi connectivity index (χ1) is 17.1. The van der Waals surface area contributed by atoms with Crippen LogP contribution in [0.25, 0.3) is 22.3 Å².